The van der Waals surface area contributed by atoms with Crippen molar-refractivity contribution < 1.29 is 14.3 Å². The van der Waals surface area contributed by atoms with E-state index in [0.29, 0.717) is 25.0 Å². The Balaban J connectivity index is 2.06. The molecule has 1 saturated heterocycles. The summed E-state index contributed by atoms with van der Waals surface area (Å²) in [4.78, 5) is 11.6. The van der Waals surface area contributed by atoms with Gasteiger partial charge in [0, 0.05) is 11.8 Å². The first-order valence-corrected chi connectivity index (χ1v) is 5.16. The summed E-state index contributed by atoms with van der Waals surface area (Å²) in [5.41, 5.74) is 1.16. The fourth-order valence-corrected chi connectivity index (χ4v) is 2.48. The molecule has 2 aliphatic rings. The molecule has 3 nitrogen and oxygen atoms in total. The maximum absolute atomic E-state index is 11.6. The highest BCUT2D eigenvalue weighted by molar-refractivity contribution is 5.74. The average molecular weight is 196 g/mol. The van der Waals surface area contributed by atoms with E-state index in [9.17, 15) is 4.79 Å². The molecule has 1 aliphatic carbocycles. The van der Waals surface area contributed by atoms with Crippen LogP contribution in [0.15, 0.2) is 12.2 Å². The highest BCUT2D eigenvalue weighted by Gasteiger charge is 2.46. The summed E-state index contributed by atoms with van der Waals surface area (Å²) in [7, 11) is 0. The lowest BCUT2D eigenvalue weighted by atomic mass is 9.92. The zero-order chi connectivity index (χ0) is 10.1. The van der Waals surface area contributed by atoms with E-state index in [1.807, 2.05) is 6.92 Å². The van der Waals surface area contributed by atoms with Crippen molar-refractivity contribution in [2.75, 3.05) is 19.8 Å². The van der Waals surface area contributed by atoms with Crippen molar-refractivity contribution in [1.82, 2.24) is 0 Å². The molecule has 0 aromatic carbocycles. The number of carbonyl (C=O) groups excluding carboxylic acids is 1. The summed E-state index contributed by atoms with van der Waals surface area (Å²) < 4.78 is 10.4. The second kappa shape index (κ2) is 3.73. The van der Waals surface area contributed by atoms with Gasteiger partial charge in [0.25, 0.3) is 0 Å². The van der Waals surface area contributed by atoms with Crippen LogP contribution in [-0.4, -0.2) is 25.8 Å². The van der Waals surface area contributed by atoms with Crippen LogP contribution in [0.25, 0.3) is 0 Å². The minimum atomic E-state index is -0.0772. The highest BCUT2D eigenvalue weighted by Crippen LogP contribution is 2.44. The quantitative estimate of drug-likeness (QED) is 0.494. The van der Waals surface area contributed by atoms with Crippen LogP contribution >= 0.6 is 0 Å². The average Bonchev–Trinajstić information content (AvgIpc) is 2.70. The fraction of sp³-hybridized carbons (Fsp3) is 0.727. The molecule has 2 rings (SSSR count). The topological polar surface area (TPSA) is 35.5 Å². The molecule has 3 heteroatoms. The van der Waals surface area contributed by atoms with Crippen LogP contribution in [0, 0.1) is 17.8 Å². The summed E-state index contributed by atoms with van der Waals surface area (Å²) in [6, 6.07) is 0. The van der Waals surface area contributed by atoms with E-state index in [4.69, 9.17) is 9.47 Å². The SMILES string of the molecule is C=C1C[C@@H](C(=O)OCC)[C@@H]2COC[C@H]12. The Bertz CT molecular complexity index is 259. The fourth-order valence-electron chi connectivity index (χ4n) is 2.48. The standard InChI is InChI=1S/C11H16O3/c1-3-14-11(12)8-4-7(2)9-5-13-6-10(8)9/h8-10H,2-6H2,1H3/t8-,9-,10+/m1/s1. The van der Waals surface area contributed by atoms with Crippen LogP contribution in [0.1, 0.15) is 13.3 Å². The van der Waals surface area contributed by atoms with Gasteiger partial charge in [-0.3, -0.25) is 4.79 Å². The monoisotopic (exact) mass is 196 g/mol. The molecule has 0 unspecified atom stereocenters. The van der Waals surface area contributed by atoms with Gasteiger partial charge in [0.1, 0.15) is 0 Å². The molecule has 0 spiro atoms. The molecule has 1 aliphatic heterocycles. The van der Waals surface area contributed by atoms with Crippen LogP contribution in [0.4, 0.5) is 0 Å². The van der Waals surface area contributed by atoms with Crippen molar-refractivity contribution in [3.8, 4) is 0 Å². The van der Waals surface area contributed by atoms with Crippen LogP contribution < -0.4 is 0 Å². The Morgan fingerprint density at radius 2 is 2.43 bits per heavy atom. The Kier molecular flexibility index (Phi) is 2.59. The van der Waals surface area contributed by atoms with E-state index in [1.54, 1.807) is 0 Å². The van der Waals surface area contributed by atoms with Crippen molar-refractivity contribution in [3.63, 3.8) is 0 Å². The predicted octanol–water partition coefficient (Wildman–Crippen LogP) is 1.39. The minimum absolute atomic E-state index is 0.00468. The van der Waals surface area contributed by atoms with Gasteiger partial charge in [0.15, 0.2) is 0 Å². The predicted molar refractivity (Wildman–Crippen MR) is 51.7 cm³/mol. The molecule has 0 aromatic rings. The van der Waals surface area contributed by atoms with E-state index < -0.39 is 0 Å². The normalized spacial score (nSPS) is 35.8. The Labute approximate surface area is 84.1 Å². The van der Waals surface area contributed by atoms with Crippen LogP contribution in [0.2, 0.25) is 0 Å². The summed E-state index contributed by atoms with van der Waals surface area (Å²) >= 11 is 0. The third kappa shape index (κ3) is 1.46. The Hall–Kier alpha value is -0.830. The third-order valence-corrected chi connectivity index (χ3v) is 3.24. The summed E-state index contributed by atoms with van der Waals surface area (Å²) in [5, 5.41) is 0. The zero-order valence-corrected chi connectivity index (χ0v) is 8.49. The molecule has 0 N–H and O–H groups in total. The van der Waals surface area contributed by atoms with Crippen molar-refractivity contribution in [2.24, 2.45) is 17.8 Å². The second-order valence-electron chi connectivity index (χ2n) is 4.03. The first kappa shape index (κ1) is 9.71. The molecule has 3 atom stereocenters. The highest BCUT2D eigenvalue weighted by atomic mass is 16.5. The lowest BCUT2D eigenvalue weighted by molar-refractivity contribution is -0.149. The van der Waals surface area contributed by atoms with Gasteiger partial charge in [-0.05, 0) is 13.3 Å². The van der Waals surface area contributed by atoms with Crippen LogP contribution in [0.3, 0.4) is 0 Å². The molecule has 0 radical (unpaired) electrons. The number of hydrogen-bond acceptors (Lipinski definition) is 3. The first-order chi connectivity index (χ1) is 6.74. The Morgan fingerprint density at radius 1 is 1.64 bits per heavy atom. The van der Waals surface area contributed by atoms with E-state index in [0.717, 1.165) is 18.6 Å². The van der Waals surface area contributed by atoms with Crippen molar-refractivity contribution in [2.45, 2.75) is 13.3 Å². The van der Waals surface area contributed by atoms with Gasteiger partial charge in [0.05, 0.1) is 25.7 Å². The molecule has 0 bridgehead atoms. The van der Waals surface area contributed by atoms with E-state index in [2.05, 4.69) is 6.58 Å². The maximum atomic E-state index is 11.6. The molecular weight excluding hydrogens is 180 g/mol. The lowest BCUT2D eigenvalue weighted by Crippen LogP contribution is -2.24. The molecular formula is C11H16O3. The molecule has 1 saturated carbocycles. The molecule has 78 valence electrons. The van der Waals surface area contributed by atoms with E-state index in [1.165, 1.54) is 0 Å². The number of ether oxygens (including phenoxy) is 2. The number of fused-ring (bicyclic) bond motifs is 1. The van der Waals surface area contributed by atoms with Gasteiger partial charge < -0.3 is 9.47 Å². The van der Waals surface area contributed by atoms with Gasteiger partial charge in [-0.1, -0.05) is 12.2 Å². The van der Waals surface area contributed by atoms with Crippen LogP contribution in [0.5, 0.6) is 0 Å². The lowest BCUT2D eigenvalue weighted by Gasteiger charge is -2.14. The number of esters is 1. The smallest absolute Gasteiger partial charge is 0.309 e. The van der Waals surface area contributed by atoms with E-state index >= 15 is 0 Å². The van der Waals surface area contributed by atoms with Crippen molar-refractivity contribution in [1.29, 1.82) is 0 Å². The van der Waals surface area contributed by atoms with Gasteiger partial charge in [0.2, 0.25) is 0 Å². The van der Waals surface area contributed by atoms with E-state index in [-0.39, 0.29) is 11.9 Å². The number of hydrogen-bond donors (Lipinski definition) is 0. The third-order valence-electron chi connectivity index (χ3n) is 3.24. The van der Waals surface area contributed by atoms with Gasteiger partial charge in [-0.25, -0.2) is 0 Å². The second-order valence-corrected chi connectivity index (χ2v) is 4.03. The van der Waals surface area contributed by atoms with Crippen molar-refractivity contribution >= 4 is 5.97 Å². The Morgan fingerprint density at radius 3 is 3.14 bits per heavy atom. The molecule has 2 fully saturated rings. The first-order valence-electron chi connectivity index (χ1n) is 5.16. The summed E-state index contributed by atoms with van der Waals surface area (Å²) in [6.45, 7) is 7.72. The number of carbonyl (C=O) groups is 1. The van der Waals surface area contributed by atoms with Gasteiger partial charge in [-0.2, -0.15) is 0 Å². The number of rotatable bonds is 2. The maximum Gasteiger partial charge on any atom is 0.309 e. The largest absolute Gasteiger partial charge is 0.466 e. The van der Waals surface area contributed by atoms with Crippen LogP contribution in [-0.2, 0) is 14.3 Å². The zero-order valence-electron chi connectivity index (χ0n) is 8.49. The van der Waals surface area contributed by atoms with Gasteiger partial charge >= 0.3 is 5.97 Å². The van der Waals surface area contributed by atoms with Gasteiger partial charge in [-0.15, -0.1) is 0 Å². The molecule has 14 heavy (non-hydrogen) atoms. The summed E-state index contributed by atoms with van der Waals surface area (Å²) in [5.74, 6) is 0.632. The minimum Gasteiger partial charge on any atom is -0.466 e. The molecule has 0 amide bonds. The molecule has 0 aromatic heterocycles. The molecule has 1 heterocycles. The van der Waals surface area contributed by atoms with Crippen molar-refractivity contribution in [3.05, 3.63) is 12.2 Å². The summed E-state index contributed by atoms with van der Waals surface area (Å²) in [6.07, 6.45) is 0.789.